The minimum atomic E-state index is 0.472. The van der Waals surface area contributed by atoms with Crippen LogP contribution in [0.1, 0.15) is 17.0 Å². The second-order valence-corrected chi connectivity index (χ2v) is 5.39. The van der Waals surface area contributed by atoms with Crippen LogP contribution in [0.5, 0.6) is 5.75 Å². The third-order valence-electron chi connectivity index (χ3n) is 3.53. The van der Waals surface area contributed by atoms with Crippen molar-refractivity contribution in [1.29, 1.82) is 0 Å². The molecule has 0 radical (unpaired) electrons. The molecule has 0 aliphatic rings. The highest BCUT2D eigenvalue weighted by Crippen LogP contribution is 2.17. The lowest BCUT2D eigenvalue weighted by molar-refractivity contribution is 0.185. The second kappa shape index (κ2) is 7.11. The van der Waals surface area contributed by atoms with E-state index in [4.69, 9.17) is 9.47 Å². The molecule has 0 fully saturated rings. The molecule has 3 aromatic rings. The number of nitrogens with zero attached hydrogens (tertiary/aromatic N) is 2. The van der Waals surface area contributed by atoms with Crippen LogP contribution in [-0.4, -0.2) is 16.9 Å². The fourth-order valence-corrected chi connectivity index (χ4v) is 2.45. The Morgan fingerprint density at radius 1 is 0.957 bits per heavy atom. The number of hydrogen-bond acceptors (Lipinski definition) is 3. The summed E-state index contributed by atoms with van der Waals surface area (Å²) in [6.45, 7) is 3.07. The molecule has 3 rings (SSSR count). The van der Waals surface area contributed by atoms with E-state index in [0.29, 0.717) is 13.2 Å². The number of hydrogen-bond donors (Lipinski definition) is 0. The van der Waals surface area contributed by atoms with E-state index in [0.717, 1.165) is 28.4 Å². The van der Waals surface area contributed by atoms with Crippen molar-refractivity contribution in [3.8, 4) is 11.4 Å². The molecule has 0 aliphatic carbocycles. The van der Waals surface area contributed by atoms with Gasteiger partial charge in [-0.25, -0.2) is 4.68 Å². The summed E-state index contributed by atoms with van der Waals surface area (Å²) in [5.74, 6) is 0.836. The Labute approximate surface area is 136 Å². The van der Waals surface area contributed by atoms with Crippen LogP contribution in [0.15, 0.2) is 60.7 Å². The number of ether oxygens (including phenoxy) is 2. The van der Waals surface area contributed by atoms with Crippen LogP contribution in [0.3, 0.4) is 0 Å². The summed E-state index contributed by atoms with van der Waals surface area (Å²) in [6, 6.07) is 20.1. The first-order valence-electron chi connectivity index (χ1n) is 7.58. The van der Waals surface area contributed by atoms with Crippen LogP contribution in [0.25, 0.3) is 5.69 Å². The predicted octanol–water partition coefficient (Wildman–Crippen LogP) is 3.91. The molecule has 0 spiro atoms. The van der Waals surface area contributed by atoms with E-state index in [1.165, 1.54) is 0 Å². The topological polar surface area (TPSA) is 36.3 Å². The van der Waals surface area contributed by atoms with E-state index in [2.05, 4.69) is 5.10 Å². The minimum Gasteiger partial charge on any atom is -0.487 e. The maximum Gasteiger partial charge on any atom is 0.130 e. The molecule has 1 aromatic heterocycles. The number of rotatable bonds is 6. The van der Waals surface area contributed by atoms with Gasteiger partial charge in [-0.3, -0.25) is 0 Å². The van der Waals surface area contributed by atoms with Gasteiger partial charge in [0.05, 0.1) is 23.7 Å². The first kappa shape index (κ1) is 15.3. The third-order valence-corrected chi connectivity index (χ3v) is 3.53. The molecule has 118 valence electrons. The molecule has 0 saturated heterocycles. The Kier molecular flexibility index (Phi) is 4.74. The summed E-state index contributed by atoms with van der Waals surface area (Å²) < 4.78 is 12.9. The van der Waals surface area contributed by atoms with Crippen LogP contribution in [0.2, 0.25) is 0 Å². The molecule has 23 heavy (non-hydrogen) atoms. The van der Waals surface area contributed by atoms with Crippen molar-refractivity contribution >= 4 is 0 Å². The van der Waals surface area contributed by atoms with E-state index in [9.17, 15) is 0 Å². The maximum atomic E-state index is 5.90. The lowest BCUT2D eigenvalue weighted by Gasteiger charge is -2.10. The van der Waals surface area contributed by atoms with Gasteiger partial charge in [-0.05, 0) is 42.8 Å². The van der Waals surface area contributed by atoms with Crippen LogP contribution in [-0.2, 0) is 18.0 Å². The van der Waals surface area contributed by atoms with Gasteiger partial charge >= 0.3 is 0 Å². The largest absolute Gasteiger partial charge is 0.487 e. The maximum absolute atomic E-state index is 5.90. The molecule has 0 unspecified atom stereocenters. The van der Waals surface area contributed by atoms with Gasteiger partial charge in [-0.15, -0.1) is 0 Å². The van der Waals surface area contributed by atoms with Gasteiger partial charge in [-0.1, -0.05) is 30.3 Å². The van der Waals surface area contributed by atoms with Gasteiger partial charge in [-0.2, -0.15) is 5.10 Å². The van der Waals surface area contributed by atoms with Crippen molar-refractivity contribution in [1.82, 2.24) is 9.78 Å². The lowest BCUT2D eigenvalue weighted by Crippen LogP contribution is -2.05. The Morgan fingerprint density at radius 2 is 1.70 bits per heavy atom. The molecule has 0 N–H and O–H groups in total. The molecule has 2 aromatic carbocycles. The third kappa shape index (κ3) is 3.79. The number of aryl methyl sites for hydroxylation is 1. The van der Waals surface area contributed by atoms with Crippen molar-refractivity contribution in [3.05, 3.63) is 77.6 Å². The van der Waals surface area contributed by atoms with Crippen LogP contribution >= 0.6 is 0 Å². The monoisotopic (exact) mass is 308 g/mol. The van der Waals surface area contributed by atoms with Crippen molar-refractivity contribution in [3.63, 3.8) is 0 Å². The lowest BCUT2D eigenvalue weighted by atomic mass is 10.2. The first-order chi connectivity index (χ1) is 11.3. The van der Waals surface area contributed by atoms with Gasteiger partial charge in [0.2, 0.25) is 0 Å². The Bertz CT molecular complexity index is 749. The van der Waals surface area contributed by atoms with Crippen LogP contribution < -0.4 is 4.74 Å². The molecule has 0 saturated carbocycles. The standard InChI is InChI=1S/C19H20N2O2/c1-15-12-18(21(20-15)17-6-4-3-5-7-17)14-23-19-10-8-16(9-11-19)13-22-2/h3-12H,13-14H2,1-2H3. The smallest absolute Gasteiger partial charge is 0.130 e. The average molecular weight is 308 g/mol. The van der Waals surface area contributed by atoms with E-state index >= 15 is 0 Å². The fraction of sp³-hybridized carbons (Fsp3) is 0.211. The summed E-state index contributed by atoms with van der Waals surface area (Å²) in [7, 11) is 1.69. The molecule has 0 atom stereocenters. The second-order valence-electron chi connectivity index (χ2n) is 5.39. The zero-order valence-corrected chi connectivity index (χ0v) is 13.4. The average Bonchev–Trinajstić information content (AvgIpc) is 2.96. The Morgan fingerprint density at radius 3 is 2.39 bits per heavy atom. The van der Waals surface area contributed by atoms with Gasteiger partial charge < -0.3 is 9.47 Å². The van der Waals surface area contributed by atoms with Gasteiger partial charge in [0.1, 0.15) is 12.4 Å². The zero-order chi connectivity index (χ0) is 16.1. The number of aromatic nitrogens is 2. The normalized spacial score (nSPS) is 10.7. The molecular weight excluding hydrogens is 288 g/mol. The minimum absolute atomic E-state index is 0.472. The van der Waals surface area contributed by atoms with Crippen molar-refractivity contribution in [2.45, 2.75) is 20.1 Å². The van der Waals surface area contributed by atoms with Crippen molar-refractivity contribution in [2.75, 3.05) is 7.11 Å². The molecule has 0 aliphatic heterocycles. The van der Waals surface area contributed by atoms with E-state index in [1.54, 1.807) is 7.11 Å². The van der Waals surface area contributed by atoms with E-state index < -0.39 is 0 Å². The van der Waals surface area contributed by atoms with Crippen LogP contribution in [0.4, 0.5) is 0 Å². The molecular formula is C19H20N2O2. The van der Waals surface area contributed by atoms with Crippen LogP contribution in [0, 0.1) is 6.92 Å². The summed E-state index contributed by atoms with van der Waals surface area (Å²) in [5.41, 5.74) is 4.16. The van der Waals surface area contributed by atoms with E-state index in [1.807, 2.05) is 72.3 Å². The zero-order valence-electron chi connectivity index (χ0n) is 13.4. The summed E-state index contributed by atoms with van der Waals surface area (Å²) in [5, 5.41) is 4.55. The molecule has 1 heterocycles. The van der Waals surface area contributed by atoms with Gasteiger partial charge in [0.15, 0.2) is 0 Å². The highest BCUT2D eigenvalue weighted by molar-refractivity contribution is 5.33. The SMILES string of the molecule is COCc1ccc(OCc2cc(C)nn2-c2ccccc2)cc1. The first-order valence-corrected chi connectivity index (χ1v) is 7.58. The number of para-hydroxylation sites is 1. The van der Waals surface area contributed by atoms with Crippen molar-refractivity contribution in [2.24, 2.45) is 0 Å². The van der Waals surface area contributed by atoms with Gasteiger partial charge in [0, 0.05) is 7.11 Å². The van der Waals surface area contributed by atoms with Crippen molar-refractivity contribution < 1.29 is 9.47 Å². The molecule has 4 nitrogen and oxygen atoms in total. The summed E-state index contributed by atoms with van der Waals surface area (Å²) >= 11 is 0. The predicted molar refractivity (Wildman–Crippen MR) is 89.8 cm³/mol. The fourth-order valence-electron chi connectivity index (χ4n) is 2.45. The van der Waals surface area contributed by atoms with Gasteiger partial charge in [0.25, 0.3) is 0 Å². The molecule has 0 bridgehead atoms. The highest BCUT2D eigenvalue weighted by atomic mass is 16.5. The molecule has 0 amide bonds. The number of benzene rings is 2. The molecule has 4 heteroatoms. The van der Waals surface area contributed by atoms with E-state index in [-0.39, 0.29) is 0 Å². The number of methoxy groups -OCH3 is 1. The summed E-state index contributed by atoms with van der Waals surface area (Å²) in [4.78, 5) is 0. The Hall–Kier alpha value is -2.59. The highest BCUT2D eigenvalue weighted by Gasteiger charge is 2.08. The quantitative estimate of drug-likeness (QED) is 0.693. The Balaban J connectivity index is 1.73. The summed E-state index contributed by atoms with van der Waals surface area (Å²) in [6.07, 6.45) is 0.